The Kier molecular flexibility index (Phi) is 3.67. The van der Waals surface area contributed by atoms with Gasteiger partial charge in [-0.3, -0.25) is 9.69 Å². The lowest BCUT2D eigenvalue weighted by molar-refractivity contribution is 0.0805. The highest BCUT2D eigenvalue weighted by molar-refractivity contribution is 5.97. The first kappa shape index (κ1) is 12.4. The van der Waals surface area contributed by atoms with Crippen molar-refractivity contribution in [2.45, 2.75) is 32.7 Å². The van der Waals surface area contributed by atoms with Crippen LogP contribution in [0.4, 0.5) is 0 Å². The predicted molar refractivity (Wildman–Crippen MR) is 69.2 cm³/mol. The number of rotatable bonds is 3. The molecular weight excluding hydrogens is 212 g/mol. The zero-order valence-electron chi connectivity index (χ0n) is 11.0. The lowest BCUT2D eigenvalue weighted by Crippen LogP contribution is -2.43. The number of Topliss-reactive ketones (excluding diaryl/α,β-unsaturated/α-hetero) is 1. The molecule has 2 atom stereocenters. The topological polar surface area (TPSA) is 25.2 Å². The van der Waals surface area contributed by atoms with Crippen LogP contribution in [0.5, 0.6) is 0 Å². The molecule has 94 valence electrons. The number of ketones is 1. The van der Waals surface area contributed by atoms with Gasteiger partial charge in [0.2, 0.25) is 0 Å². The highest BCUT2D eigenvalue weighted by Gasteiger charge is 2.24. The summed E-state index contributed by atoms with van der Waals surface area (Å²) in [5.74, 6) is 0.960. The molecule has 0 saturated carbocycles. The normalized spacial score (nSPS) is 26.1. The van der Waals surface area contributed by atoms with E-state index in [2.05, 4.69) is 18.7 Å². The van der Waals surface area contributed by atoms with Crippen molar-refractivity contribution in [1.29, 1.82) is 0 Å². The van der Waals surface area contributed by atoms with Crippen molar-refractivity contribution in [3.05, 3.63) is 24.0 Å². The molecule has 1 aromatic rings. The van der Waals surface area contributed by atoms with Crippen LogP contribution in [0.1, 0.15) is 37.0 Å². The van der Waals surface area contributed by atoms with Gasteiger partial charge in [-0.2, -0.15) is 0 Å². The Morgan fingerprint density at radius 3 is 2.82 bits per heavy atom. The minimum Gasteiger partial charge on any atom is -0.357 e. The second-order valence-electron chi connectivity index (χ2n) is 5.45. The molecule has 2 unspecified atom stereocenters. The molecule has 1 fully saturated rings. The quantitative estimate of drug-likeness (QED) is 0.750. The Labute approximate surface area is 103 Å². The van der Waals surface area contributed by atoms with E-state index in [9.17, 15) is 4.79 Å². The number of carbonyl (C=O) groups excluding carboxylic acids is 1. The van der Waals surface area contributed by atoms with Gasteiger partial charge in [0.1, 0.15) is 0 Å². The number of aryl methyl sites for hydroxylation is 1. The highest BCUT2D eigenvalue weighted by atomic mass is 16.1. The molecule has 0 radical (unpaired) electrons. The second-order valence-corrected chi connectivity index (χ2v) is 5.45. The number of piperidine rings is 1. The van der Waals surface area contributed by atoms with Gasteiger partial charge in [-0.15, -0.1) is 0 Å². The van der Waals surface area contributed by atoms with Crippen LogP contribution in [-0.2, 0) is 7.05 Å². The Bertz CT molecular complexity index is 397. The van der Waals surface area contributed by atoms with E-state index in [1.165, 1.54) is 12.8 Å². The van der Waals surface area contributed by atoms with E-state index < -0.39 is 0 Å². The van der Waals surface area contributed by atoms with Crippen LogP contribution < -0.4 is 0 Å². The lowest BCUT2D eigenvalue weighted by Gasteiger charge is -2.36. The lowest BCUT2D eigenvalue weighted by atomic mass is 9.94. The van der Waals surface area contributed by atoms with Crippen molar-refractivity contribution < 1.29 is 4.79 Å². The van der Waals surface area contributed by atoms with Gasteiger partial charge >= 0.3 is 0 Å². The number of aromatic nitrogens is 1. The van der Waals surface area contributed by atoms with Gasteiger partial charge in [0.25, 0.3) is 0 Å². The molecule has 1 saturated heterocycles. The average molecular weight is 234 g/mol. The molecule has 2 heterocycles. The van der Waals surface area contributed by atoms with E-state index in [4.69, 9.17) is 0 Å². The molecule has 1 aromatic heterocycles. The minimum absolute atomic E-state index is 0.242. The van der Waals surface area contributed by atoms with Crippen LogP contribution in [0.2, 0.25) is 0 Å². The summed E-state index contributed by atoms with van der Waals surface area (Å²) in [5.41, 5.74) is 0.831. The minimum atomic E-state index is 0.242. The number of hydrogen-bond acceptors (Lipinski definition) is 2. The second kappa shape index (κ2) is 5.05. The zero-order chi connectivity index (χ0) is 12.4. The Morgan fingerprint density at radius 1 is 1.41 bits per heavy atom. The van der Waals surface area contributed by atoms with Gasteiger partial charge in [-0.25, -0.2) is 0 Å². The van der Waals surface area contributed by atoms with Crippen molar-refractivity contribution in [3.63, 3.8) is 0 Å². The standard InChI is InChI=1S/C14H22N2O/c1-11-4-5-12(2)16(8-11)10-14(17)13-6-7-15(3)9-13/h6-7,9,11-12H,4-5,8,10H2,1-3H3. The third kappa shape index (κ3) is 2.97. The number of likely N-dealkylation sites (tertiary alicyclic amines) is 1. The third-order valence-electron chi connectivity index (χ3n) is 3.75. The van der Waals surface area contributed by atoms with Gasteiger partial charge in [-0.1, -0.05) is 6.92 Å². The molecule has 17 heavy (non-hydrogen) atoms. The van der Waals surface area contributed by atoms with E-state index >= 15 is 0 Å². The largest absolute Gasteiger partial charge is 0.357 e. The van der Waals surface area contributed by atoms with Crippen LogP contribution in [0.15, 0.2) is 18.5 Å². The maximum Gasteiger partial charge on any atom is 0.178 e. The van der Waals surface area contributed by atoms with Gasteiger partial charge < -0.3 is 4.57 Å². The Morgan fingerprint density at radius 2 is 2.18 bits per heavy atom. The van der Waals surface area contributed by atoms with Gasteiger partial charge in [0.15, 0.2) is 5.78 Å². The molecule has 0 amide bonds. The van der Waals surface area contributed by atoms with Crippen molar-refractivity contribution >= 4 is 5.78 Å². The summed E-state index contributed by atoms with van der Waals surface area (Å²) in [6.45, 7) is 6.12. The molecule has 0 aromatic carbocycles. The zero-order valence-corrected chi connectivity index (χ0v) is 11.0. The SMILES string of the molecule is CC1CCC(C)N(CC(=O)c2ccn(C)c2)C1. The number of hydrogen-bond donors (Lipinski definition) is 0. The first-order valence-corrected chi connectivity index (χ1v) is 6.45. The van der Waals surface area contributed by atoms with Crippen LogP contribution >= 0.6 is 0 Å². The summed E-state index contributed by atoms with van der Waals surface area (Å²) in [4.78, 5) is 14.4. The summed E-state index contributed by atoms with van der Waals surface area (Å²) < 4.78 is 1.93. The fraction of sp³-hybridized carbons (Fsp3) is 0.643. The molecule has 1 aliphatic rings. The smallest absolute Gasteiger partial charge is 0.178 e. The van der Waals surface area contributed by atoms with Crippen molar-refractivity contribution in [2.24, 2.45) is 13.0 Å². The van der Waals surface area contributed by atoms with Gasteiger partial charge in [0, 0.05) is 37.6 Å². The third-order valence-corrected chi connectivity index (χ3v) is 3.75. The van der Waals surface area contributed by atoms with Crippen molar-refractivity contribution in [1.82, 2.24) is 9.47 Å². The van der Waals surface area contributed by atoms with Gasteiger partial charge in [-0.05, 0) is 31.7 Å². The fourth-order valence-corrected chi connectivity index (χ4v) is 2.54. The highest BCUT2D eigenvalue weighted by Crippen LogP contribution is 2.21. The van der Waals surface area contributed by atoms with Crippen LogP contribution in [0.25, 0.3) is 0 Å². The molecule has 0 N–H and O–H groups in total. The van der Waals surface area contributed by atoms with Crippen LogP contribution in [0, 0.1) is 5.92 Å². The summed E-state index contributed by atoms with van der Waals surface area (Å²) in [6.07, 6.45) is 6.33. The molecule has 0 aliphatic carbocycles. The van der Waals surface area contributed by atoms with Gasteiger partial charge in [0.05, 0.1) is 6.54 Å². The first-order chi connectivity index (χ1) is 8.06. The monoisotopic (exact) mass is 234 g/mol. The van der Waals surface area contributed by atoms with E-state index in [1.54, 1.807) is 0 Å². The maximum atomic E-state index is 12.1. The van der Waals surface area contributed by atoms with E-state index in [-0.39, 0.29) is 5.78 Å². The molecule has 3 heteroatoms. The van der Waals surface area contributed by atoms with E-state index in [1.807, 2.05) is 30.1 Å². The molecule has 0 bridgehead atoms. The Hall–Kier alpha value is -1.09. The van der Waals surface area contributed by atoms with E-state index in [0.717, 1.165) is 18.0 Å². The molecule has 2 rings (SSSR count). The molecule has 0 spiro atoms. The number of nitrogens with zero attached hydrogens (tertiary/aromatic N) is 2. The summed E-state index contributed by atoms with van der Waals surface area (Å²) in [5, 5.41) is 0. The summed E-state index contributed by atoms with van der Waals surface area (Å²) >= 11 is 0. The fourth-order valence-electron chi connectivity index (χ4n) is 2.54. The predicted octanol–water partition coefficient (Wildman–Crippen LogP) is 2.33. The summed E-state index contributed by atoms with van der Waals surface area (Å²) in [7, 11) is 1.95. The summed E-state index contributed by atoms with van der Waals surface area (Å²) in [6, 6.07) is 2.44. The first-order valence-electron chi connectivity index (χ1n) is 6.45. The molecular formula is C14H22N2O. The Balaban J connectivity index is 1.98. The molecule has 3 nitrogen and oxygen atoms in total. The van der Waals surface area contributed by atoms with Crippen LogP contribution in [-0.4, -0.2) is 34.4 Å². The van der Waals surface area contributed by atoms with Crippen molar-refractivity contribution in [2.75, 3.05) is 13.1 Å². The maximum absolute atomic E-state index is 12.1. The van der Waals surface area contributed by atoms with Crippen molar-refractivity contribution in [3.8, 4) is 0 Å². The van der Waals surface area contributed by atoms with E-state index in [0.29, 0.717) is 12.6 Å². The number of carbonyl (C=O) groups is 1. The average Bonchev–Trinajstić information content (AvgIpc) is 2.70. The molecule has 1 aliphatic heterocycles. The van der Waals surface area contributed by atoms with Crippen LogP contribution in [0.3, 0.4) is 0 Å².